The Morgan fingerprint density at radius 2 is 1.81 bits per heavy atom. The third kappa shape index (κ3) is 3.93. The van der Waals surface area contributed by atoms with Gasteiger partial charge >= 0.3 is 0 Å². The van der Waals surface area contributed by atoms with E-state index in [-0.39, 0.29) is 45.6 Å². The van der Waals surface area contributed by atoms with Crippen LogP contribution < -0.4 is 0 Å². The maximum Gasteiger partial charge on any atom is 0.259 e. The minimum absolute atomic E-state index is 0.0131. The molecule has 148 valence electrons. The fourth-order valence-corrected chi connectivity index (χ4v) is 4.24. The van der Waals surface area contributed by atoms with Crippen LogP contribution in [-0.4, -0.2) is 51.9 Å². The number of carbonyl (C=O) groups excluding carboxylic acids is 2. The molecule has 1 N–H and O–H groups in total. The van der Waals surface area contributed by atoms with E-state index in [1.165, 1.54) is 6.07 Å². The van der Waals surface area contributed by atoms with E-state index in [1.54, 1.807) is 12.1 Å². The largest absolute Gasteiger partial charge is 0.507 e. The number of hydrogen-bond acceptors (Lipinski definition) is 3. The molecule has 2 fully saturated rings. The molecular formula is C21H29ClN2O3. The van der Waals surface area contributed by atoms with Crippen molar-refractivity contribution in [1.29, 1.82) is 0 Å². The smallest absolute Gasteiger partial charge is 0.259 e. The molecule has 1 aromatic carbocycles. The number of benzene rings is 1. The molecule has 2 saturated heterocycles. The lowest BCUT2D eigenvalue weighted by Crippen LogP contribution is -2.57. The fraction of sp³-hybridized carbons (Fsp3) is 0.619. The van der Waals surface area contributed by atoms with Crippen LogP contribution >= 0.6 is 11.6 Å². The van der Waals surface area contributed by atoms with Gasteiger partial charge in [-0.05, 0) is 36.3 Å². The van der Waals surface area contributed by atoms with Crippen LogP contribution in [0, 0.1) is 11.3 Å². The molecule has 0 saturated carbocycles. The van der Waals surface area contributed by atoms with Gasteiger partial charge in [0, 0.05) is 19.5 Å². The number of amides is 2. The third-order valence-electron chi connectivity index (χ3n) is 6.23. The molecule has 2 aliphatic heterocycles. The van der Waals surface area contributed by atoms with Crippen LogP contribution in [0.25, 0.3) is 0 Å². The molecule has 3 atom stereocenters. The molecular weight excluding hydrogens is 364 g/mol. The summed E-state index contributed by atoms with van der Waals surface area (Å²) in [5.74, 6) is 0.134. The van der Waals surface area contributed by atoms with Gasteiger partial charge in [-0.3, -0.25) is 9.59 Å². The Labute approximate surface area is 166 Å². The fourth-order valence-electron chi connectivity index (χ4n) is 3.99. The molecule has 1 unspecified atom stereocenters. The predicted molar refractivity (Wildman–Crippen MR) is 106 cm³/mol. The van der Waals surface area contributed by atoms with Gasteiger partial charge in [0.25, 0.3) is 5.91 Å². The molecule has 2 heterocycles. The van der Waals surface area contributed by atoms with Crippen LogP contribution in [0.15, 0.2) is 18.2 Å². The quantitative estimate of drug-likeness (QED) is 0.847. The van der Waals surface area contributed by atoms with E-state index in [0.717, 1.165) is 12.8 Å². The summed E-state index contributed by atoms with van der Waals surface area (Å²) < 4.78 is 0. The van der Waals surface area contributed by atoms with Crippen molar-refractivity contribution in [3.63, 3.8) is 0 Å². The number of likely N-dealkylation sites (tertiary alicyclic amines) is 1. The van der Waals surface area contributed by atoms with Crippen LogP contribution in [0.1, 0.15) is 57.3 Å². The highest BCUT2D eigenvalue weighted by atomic mass is 35.5. The predicted octanol–water partition coefficient (Wildman–Crippen LogP) is 3.93. The standard InChI is InChI=1S/C21H29ClN2O3/c1-13(21(2,3)4)10-18(26)23-11-14-8-9-15(12-23)24(14)20(27)19-16(22)6-5-7-17(19)25/h5-7,13-15,25H,8-12H2,1-4H3/t13?,14-,15+. The second kappa shape index (κ2) is 7.34. The van der Waals surface area contributed by atoms with Crippen LogP contribution in [0.3, 0.4) is 0 Å². The van der Waals surface area contributed by atoms with E-state index in [4.69, 9.17) is 11.6 Å². The maximum atomic E-state index is 13.1. The van der Waals surface area contributed by atoms with Crippen molar-refractivity contribution in [2.45, 2.75) is 59.0 Å². The summed E-state index contributed by atoms with van der Waals surface area (Å²) >= 11 is 6.17. The molecule has 0 radical (unpaired) electrons. The Kier molecular flexibility index (Phi) is 5.44. The molecule has 2 bridgehead atoms. The molecule has 0 aromatic heterocycles. The molecule has 27 heavy (non-hydrogen) atoms. The van der Waals surface area contributed by atoms with Gasteiger partial charge in [-0.2, -0.15) is 0 Å². The molecule has 6 heteroatoms. The first-order chi connectivity index (χ1) is 12.6. The lowest BCUT2D eigenvalue weighted by molar-refractivity contribution is -0.135. The molecule has 1 aromatic rings. The molecule has 5 nitrogen and oxygen atoms in total. The zero-order valence-electron chi connectivity index (χ0n) is 16.5. The molecule has 0 aliphatic carbocycles. The van der Waals surface area contributed by atoms with E-state index in [9.17, 15) is 14.7 Å². The first-order valence-corrected chi connectivity index (χ1v) is 10.0. The lowest BCUT2D eigenvalue weighted by Gasteiger charge is -2.42. The van der Waals surface area contributed by atoms with Crippen molar-refractivity contribution in [3.05, 3.63) is 28.8 Å². The Bertz CT molecular complexity index is 709. The van der Waals surface area contributed by atoms with Gasteiger partial charge < -0.3 is 14.9 Å². The summed E-state index contributed by atoms with van der Waals surface area (Å²) in [7, 11) is 0. The Balaban J connectivity index is 1.72. The first kappa shape index (κ1) is 20.0. The summed E-state index contributed by atoms with van der Waals surface area (Å²) in [5, 5.41) is 10.4. The summed E-state index contributed by atoms with van der Waals surface area (Å²) in [4.78, 5) is 29.6. The van der Waals surface area contributed by atoms with Gasteiger partial charge in [0.1, 0.15) is 5.75 Å². The number of aromatic hydroxyl groups is 1. The number of carbonyl (C=O) groups is 2. The van der Waals surface area contributed by atoms with E-state index < -0.39 is 0 Å². The first-order valence-electron chi connectivity index (χ1n) is 9.67. The van der Waals surface area contributed by atoms with Gasteiger partial charge in [0.2, 0.25) is 5.91 Å². The maximum absolute atomic E-state index is 13.1. The van der Waals surface area contributed by atoms with Crippen LogP contribution in [-0.2, 0) is 4.79 Å². The number of phenolic OH excluding ortho intramolecular Hbond substituents is 1. The van der Waals surface area contributed by atoms with Gasteiger partial charge in [-0.25, -0.2) is 0 Å². The highest BCUT2D eigenvalue weighted by molar-refractivity contribution is 6.34. The topological polar surface area (TPSA) is 60.9 Å². The van der Waals surface area contributed by atoms with Crippen molar-refractivity contribution < 1.29 is 14.7 Å². The summed E-state index contributed by atoms with van der Waals surface area (Å²) in [5.41, 5.74) is 0.255. The molecule has 2 aliphatic rings. The number of halogens is 1. The number of nitrogens with zero attached hydrogens (tertiary/aromatic N) is 2. The van der Waals surface area contributed by atoms with Crippen molar-refractivity contribution in [1.82, 2.24) is 9.80 Å². The van der Waals surface area contributed by atoms with E-state index in [1.807, 2.05) is 9.80 Å². The number of phenols is 1. The van der Waals surface area contributed by atoms with Crippen molar-refractivity contribution in [2.75, 3.05) is 13.1 Å². The van der Waals surface area contributed by atoms with Gasteiger partial charge in [-0.1, -0.05) is 45.4 Å². The molecule has 2 amide bonds. The highest BCUT2D eigenvalue weighted by Crippen LogP contribution is 2.36. The number of rotatable bonds is 3. The monoisotopic (exact) mass is 392 g/mol. The van der Waals surface area contributed by atoms with Gasteiger partial charge in [0.05, 0.1) is 22.7 Å². The van der Waals surface area contributed by atoms with Crippen molar-refractivity contribution in [3.8, 4) is 5.75 Å². The second-order valence-corrected chi connectivity index (χ2v) is 9.41. The van der Waals surface area contributed by atoms with Crippen molar-refractivity contribution in [2.24, 2.45) is 11.3 Å². The number of hydrogen-bond donors (Lipinski definition) is 1. The highest BCUT2D eigenvalue weighted by Gasteiger charge is 2.45. The summed E-state index contributed by atoms with van der Waals surface area (Å²) in [6.45, 7) is 9.70. The van der Waals surface area contributed by atoms with Gasteiger partial charge in [-0.15, -0.1) is 0 Å². The molecule has 3 rings (SSSR count). The zero-order chi connectivity index (χ0) is 19.9. The Morgan fingerprint density at radius 1 is 1.22 bits per heavy atom. The van der Waals surface area contributed by atoms with Crippen LogP contribution in [0.4, 0.5) is 0 Å². The third-order valence-corrected chi connectivity index (χ3v) is 6.55. The van der Waals surface area contributed by atoms with Crippen LogP contribution in [0.2, 0.25) is 5.02 Å². The average Bonchev–Trinajstić information content (AvgIpc) is 2.83. The van der Waals surface area contributed by atoms with Gasteiger partial charge in [0.15, 0.2) is 0 Å². The Hall–Kier alpha value is -1.75. The number of piperazine rings is 1. The summed E-state index contributed by atoms with van der Waals surface area (Å²) in [6, 6.07) is 4.69. The number of fused-ring (bicyclic) bond motifs is 2. The normalized spacial score (nSPS) is 23.4. The van der Waals surface area contributed by atoms with E-state index in [0.29, 0.717) is 25.4 Å². The van der Waals surface area contributed by atoms with E-state index >= 15 is 0 Å². The molecule has 0 spiro atoms. The van der Waals surface area contributed by atoms with Crippen molar-refractivity contribution >= 4 is 23.4 Å². The second-order valence-electron chi connectivity index (χ2n) is 9.00. The lowest BCUT2D eigenvalue weighted by atomic mass is 9.80. The SMILES string of the molecule is CC(CC(=O)N1C[C@H]2CC[C@@H](C1)N2C(=O)c1c(O)cccc1Cl)C(C)(C)C. The minimum atomic E-state index is -0.235. The van der Waals surface area contributed by atoms with E-state index in [2.05, 4.69) is 27.7 Å². The van der Waals surface area contributed by atoms with Crippen LogP contribution in [0.5, 0.6) is 5.75 Å². The Morgan fingerprint density at radius 3 is 2.33 bits per heavy atom. The average molecular weight is 393 g/mol. The zero-order valence-corrected chi connectivity index (χ0v) is 17.3. The minimum Gasteiger partial charge on any atom is -0.507 e. The summed E-state index contributed by atoms with van der Waals surface area (Å²) in [6.07, 6.45) is 2.28.